The van der Waals surface area contributed by atoms with Gasteiger partial charge in [-0.3, -0.25) is 14.5 Å². The first-order valence-electron chi connectivity index (χ1n) is 5.82. The minimum atomic E-state index is -0.644. The van der Waals surface area contributed by atoms with E-state index in [9.17, 15) is 9.59 Å². The standard InChI is InChI=1S/C14H19NO3/c1-6-14(4,5)18-10-13(2,3)9-15-11(16)7-8-12(15)17/h1,7-8H,9-10H2,2-5H3. The molecule has 0 saturated heterocycles. The summed E-state index contributed by atoms with van der Waals surface area (Å²) >= 11 is 0. The Morgan fingerprint density at radius 1 is 1.22 bits per heavy atom. The topological polar surface area (TPSA) is 46.6 Å². The third-order valence-electron chi connectivity index (χ3n) is 2.66. The van der Waals surface area contributed by atoms with Gasteiger partial charge in [-0.2, -0.15) is 0 Å². The highest BCUT2D eigenvalue weighted by atomic mass is 16.5. The van der Waals surface area contributed by atoms with Crippen LogP contribution >= 0.6 is 0 Å². The number of terminal acetylenes is 1. The van der Waals surface area contributed by atoms with E-state index >= 15 is 0 Å². The van der Waals surface area contributed by atoms with Crippen LogP contribution in [0.5, 0.6) is 0 Å². The summed E-state index contributed by atoms with van der Waals surface area (Å²) in [5.74, 6) is 2.00. The molecule has 0 saturated carbocycles. The molecule has 0 atom stereocenters. The Balaban J connectivity index is 2.58. The number of nitrogens with zero attached hydrogens (tertiary/aromatic N) is 1. The summed E-state index contributed by atoms with van der Waals surface area (Å²) < 4.78 is 5.62. The van der Waals surface area contributed by atoms with E-state index in [1.807, 2.05) is 13.8 Å². The van der Waals surface area contributed by atoms with Gasteiger partial charge < -0.3 is 4.74 Å². The van der Waals surface area contributed by atoms with Crippen molar-refractivity contribution in [1.29, 1.82) is 0 Å². The average molecular weight is 249 g/mol. The van der Waals surface area contributed by atoms with Crippen LogP contribution in [-0.2, 0) is 14.3 Å². The molecule has 0 unspecified atom stereocenters. The molecule has 4 nitrogen and oxygen atoms in total. The highest BCUT2D eigenvalue weighted by Gasteiger charge is 2.31. The molecule has 1 heterocycles. The van der Waals surface area contributed by atoms with Crippen molar-refractivity contribution < 1.29 is 14.3 Å². The van der Waals surface area contributed by atoms with Gasteiger partial charge in [-0.15, -0.1) is 6.42 Å². The predicted molar refractivity (Wildman–Crippen MR) is 68.5 cm³/mol. The van der Waals surface area contributed by atoms with E-state index in [0.29, 0.717) is 13.2 Å². The number of carbonyl (C=O) groups excluding carboxylic acids is 2. The van der Waals surface area contributed by atoms with E-state index in [2.05, 4.69) is 5.92 Å². The third-order valence-corrected chi connectivity index (χ3v) is 2.66. The van der Waals surface area contributed by atoms with Gasteiger partial charge in [0.15, 0.2) is 0 Å². The number of imide groups is 1. The normalized spacial score (nSPS) is 16.3. The number of ether oxygens (including phenoxy) is 1. The molecule has 0 aromatic carbocycles. The molecule has 18 heavy (non-hydrogen) atoms. The van der Waals surface area contributed by atoms with Gasteiger partial charge in [0, 0.05) is 24.1 Å². The summed E-state index contributed by atoms with van der Waals surface area (Å²) in [6.07, 6.45) is 7.90. The largest absolute Gasteiger partial charge is 0.362 e. The molecule has 0 aromatic heterocycles. The first-order chi connectivity index (χ1) is 8.17. The van der Waals surface area contributed by atoms with Gasteiger partial charge in [-0.05, 0) is 13.8 Å². The highest BCUT2D eigenvalue weighted by molar-refractivity contribution is 6.12. The van der Waals surface area contributed by atoms with Gasteiger partial charge in [0.2, 0.25) is 0 Å². The Morgan fingerprint density at radius 2 is 1.72 bits per heavy atom. The van der Waals surface area contributed by atoms with Crippen molar-refractivity contribution in [2.45, 2.75) is 33.3 Å². The predicted octanol–water partition coefficient (Wildman–Crippen LogP) is 1.37. The molecule has 1 rings (SSSR count). The first-order valence-corrected chi connectivity index (χ1v) is 5.82. The molecular weight excluding hydrogens is 230 g/mol. The minimum Gasteiger partial charge on any atom is -0.362 e. The van der Waals surface area contributed by atoms with E-state index in [-0.39, 0.29) is 17.2 Å². The second kappa shape index (κ2) is 4.95. The summed E-state index contributed by atoms with van der Waals surface area (Å²) in [6.45, 7) is 8.16. The van der Waals surface area contributed by atoms with E-state index in [4.69, 9.17) is 11.2 Å². The van der Waals surface area contributed by atoms with Crippen molar-refractivity contribution in [3.05, 3.63) is 12.2 Å². The molecule has 0 N–H and O–H groups in total. The van der Waals surface area contributed by atoms with Crippen molar-refractivity contribution in [1.82, 2.24) is 4.90 Å². The average Bonchev–Trinajstić information content (AvgIpc) is 2.58. The molecule has 0 aliphatic carbocycles. The van der Waals surface area contributed by atoms with Crippen LogP contribution in [-0.4, -0.2) is 35.5 Å². The van der Waals surface area contributed by atoms with Gasteiger partial charge in [-0.1, -0.05) is 19.8 Å². The highest BCUT2D eigenvalue weighted by Crippen LogP contribution is 2.22. The van der Waals surface area contributed by atoms with Crippen molar-refractivity contribution in [2.24, 2.45) is 5.41 Å². The lowest BCUT2D eigenvalue weighted by Crippen LogP contribution is -2.42. The van der Waals surface area contributed by atoms with Gasteiger partial charge in [0.05, 0.1) is 6.61 Å². The Hall–Kier alpha value is -1.60. The fourth-order valence-electron chi connectivity index (χ4n) is 1.48. The summed E-state index contributed by atoms with van der Waals surface area (Å²) in [5.41, 5.74) is -0.986. The smallest absolute Gasteiger partial charge is 0.253 e. The number of carbonyl (C=O) groups is 2. The molecule has 0 aromatic rings. The molecule has 1 aliphatic heterocycles. The zero-order valence-electron chi connectivity index (χ0n) is 11.3. The van der Waals surface area contributed by atoms with Crippen LogP contribution in [0.15, 0.2) is 12.2 Å². The molecule has 0 spiro atoms. The van der Waals surface area contributed by atoms with Crippen molar-refractivity contribution in [2.75, 3.05) is 13.2 Å². The molecule has 0 radical (unpaired) electrons. The molecule has 0 fully saturated rings. The monoisotopic (exact) mass is 249 g/mol. The maximum atomic E-state index is 11.5. The van der Waals surface area contributed by atoms with E-state index in [1.165, 1.54) is 17.1 Å². The Morgan fingerprint density at radius 3 is 2.17 bits per heavy atom. The molecule has 1 aliphatic rings. The van der Waals surface area contributed by atoms with Crippen molar-refractivity contribution in [3.63, 3.8) is 0 Å². The Kier molecular flexibility index (Phi) is 3.98. The Bertz CT molecular complexity index is 409. The van der Waals surface area contributed by atoms with Gasteiger partial charge >= 0.3 is 0 Å². The SMILES string of the molecule is C#CC(C)(C)OCC(C)(C)CN1C(=O)C=CC1=O. The quantitative estimate of drug-likeness (QED) is 0.546. The third kappa shape index (κ3) is 3.71. The van der Waals surface area contributed by atoms with Crippen LogP contribution in [0.2, 0.25) is 0 Å². The summed E-state index contributed by atoms with van der Waals surface area (Å²) in [5, 5.41) is 0. The lowest BCUT2D eigenvalue weighted by atomic mass is 9.93. The summed E-state index contributed by atoms with van der Waals surface area (Å²) in [4.78, 5) is 24.1. The zero-order chi connectivity index (χ0) is 14.0. The number of rotatable bonds is 5. The number of amides is 2. The Labute approximate surface area is 108 Å². The van der Waals surface area contributed by atoms with Gasteiger partial charge in [-0.25, -0.2) is 0 Å². The minimum absolute atomic E-state index is 0.274. The van der Waals surface area contributed by atoms with E-state index in [1.54, 1.807) is 13.8 Å². The second-order valence-electron chi connectivity index (χ2n) is 5.70. The second-order valence-corrected chi connectivity index (χ2v) is 5.70. The summed E-state index contributed by atoms with van der Waals surface area (Å²) in [7, 11) is 0. The molecule has 2 amide bonds. The van der Waals surface area contributed by atoms with E-state index < -0.39 is 5.60 Å². The fourth-order valence-corrected chi connectivity index (χ4v) is 1.48. The molecule has 4 heteroatoms. The zero-order valence-corrected chi connectivity index (χ0v) is 11.3. The van der Waals surface area contributed by atoms with Crippen molar-refractivity contribution in [3.8, 4) is 12.3 Å². The number of hydrogen-bond acceptors (Lipinski definition) is 3. The maximum Gasteiger partial charge on any atom is 0.253 e. The van der Waals surface area contributed by atoms with Crippen LogP contribution in [0.1, 0.15) is 27.7 Å². The molecular formula is C14H19NO3. The summed E-state index contributed by atoms with van der Waals surface area (Å²) in [6, 6.07) is 0. The van der Waals surface area contributed by atoms with Crippen LogP contribution in [0, 0.1) is 17.8 Å². The number of hydrogen-bond donors (Lipinski definition) is 0. The van der Waals surface area contributed by atoms with Crippen LogP contribution in [0.3, 0.4) is 0 Å². The molecule has 98 valence electrons. The lowest BCUT2D eigenvalue weighted by Gasteiger charge is -2.31. The fraction of sp³-hybridized carbons (Fsp3) is 0.571. The lowest BCUT2D eigenvalue weighted by molar-refractivity contribution is -0.139. The van der Waals surface area contributed by atoms with Crippen molar-refractivity contribution >= 4 is 11.8 Å². The molecule has 0 bridgehead atoms. The van der Waals surface area contributed by atoms with Gasteiger partial charge in [0.1, 0.15) is 5.60 Å². The maximum absolute atomic E-state index is 11.5. The van der Waals surface area contributed by atoms with Crippen LogP contribution < -0.4 is 0 Å². The van der Waals surface area contributed by atoms with E-state index in [0.717, 1.165) is 0 Å². The van der Waals surface area contributed by atoms with Crippen LogP contribution in [0.4, 0.5) is 0 Å². The van der Waals surface area contributed by atoms with Crippen LogP contribution in [0.25, 0.3) is 0 Å². The first kappa shape index (κ1) is 14.5. The van der Waals surface area contributed by atoms with Gasteiger partial charge in [0.25, 0.3) is 11.8 Å².